The number of hydrogen-bond acceptors (Lipinski definition) is 21. The van der Waals surface area contributed by atoms with Crippen LogP contribution in [0.2, 0.25) is 0 Å². The molecular formula is C70H110IN9O19. The van der Waals surface area contributed by atoms with E-state index in [1.165, 1.54) is 0 Å². The lowest BCUT2D eigenvalue weighted by Gasteiger charge is -2.32. The Hall–Kier alpha value is -6.99. The highest BCUT2D eigenvalue weighted by Crippen LogP contribution is 2.26. The number of amides is 6. The van der Waals surface area contributed by atoms with E-state index in [-0.39, 0.29) is 115 Å². The first kappa shape index (κ1) is 88.1. The smallest absolute Gasteiger partial charge is 0.373 e. The van der Waals surface area contributed by atoms with Crippen molar-refractivity contribution in [1.29, 1.82) is 0 Å². The first-order chi connectivity index (χ1) is 46.7. The molecule has 28 nitrogen and oxygen atoms in total. The van der Waals surface area contributed by atoms with Gasteiger partial charge >= 0.3 is 36.1 Å². The van der Waals surface area contributed by atoms with E-state index in [1.807, 2.05) is 51.1 Å². The second-order valence-electron chi connectivity index (χ2n) is 27.6. The van der Waals surface area contributed by atoms with E-state index in [1.54, 1.807) is 91.4 Å². The zero-order valence-corrected chi connectivity index (χ0v) is 62.5. The van der Waals surface area contributed by atoms with Crippen LogP contribution in [0.1, 0.15) is 185 Å². The lowest BCUT2D eigenvalue weighted by molar-refractivity contribution is -0.193. The Morgan fingerprint density at radius 3 is 1.73 bits per heavy atom. The van der Waals surface area contributed by atoms with Crippen LogP contribution in [-0.4, -0.2) is 170 Å². The molecule has 0 aliphatic carbocycles. The second kappa shape index (κ2) is 47.9. The van der Waals surface area contributed by atoms with Crippen molar-refractivity contribution in [3.63, 3.8) is 0 Å². The number of hydrogen-bond donors (Lipinski definition) is 6. The van der Waals surface area contributed by atoms with E-state index >= 15 is 0 Å². The average molecular weight is 1510 g/mol. The molecule has 99 heavy (non-hydrogen) atoms. The summed E-state index contributed by atoms with van der Waals surface area (Å²) in [6.45, 7) is 25.4. The first-order valence-corrected chi connectivity index (χ1v) is 34.9. The zero-order valence-electron chi connectivity index (χ0n) is 60.4. The van der Waals surface area contributed by atoms with Crippen LogP contribution < -0.4 is 31.9 Å². The minimum Gasteiger partial charge on any atom is -0.460 e. The third kappa shape index (κ3) is 43.3. The van der Waals surface area contributed by atoms with Crippen LogP contribution in [0.15, 0.2) is 54.7 Å². The van der Waals surface area contributed by atoms with E-state index < -0.39 is 70.3 Å². The van der Waals surface area contributed by atoms with Crippen LogP contribution >= 0.6 is 22.6 Å². The second-order valence-corrected chi connectivity index (χ2v) is 28.8. The minimum absolute atomic E-state index is 0.0148. The van der Waals surface area contributed by atoms with E-state index in [0.717, 1.165) is 34.0 Å². The minimum atomic E-state index is -0.960. The fourth-order valence-corrected chi connectivity index (χ4v) is 9.79. The van der Waals surface area contributed by atoms with E-state index in [2.05, 4.69) is 71.7 Å². The van der Waals surface area contributed by atoms with Crippen LogP contribution in [0, 0.1) is 14.9 Å². The number of halogens is 1. The molecule has 3 rings (SSSR count). The first-order valence-electron chi connectivity index (χ1n) is 33.8. The molecule has 1 aromatic heterocycles. The molecule has 6 amide bonds. The van der Waals surface area contributed by atoms with Gasteiger partial charge in [-0.3, -0.25) is 19.2 Å². The molecule has 1 heterocycles. The molecule has 0 unspecified atom stereocenters. The van der Waals surface area contributed by atoms with Gasteiger partial charge in [-0.05, 0) is 172 Å². The van der Waals surface area contributed by atoms with Gasteiger partial charge in [0.25, 0.3) is 0 Å². The molecule has 0 saturated heterocycles. The summed E-state index contributed by atoms with van der Waals surface area (Å²) in [4.78, 5) is 121. The van der Waals surface area contributed by atoms with Gasteiger partial charge < -0.3 is 74.5 Å². The van der Waals surface area contributed by atoms with Gasteiger partial charge in [0.05, 0.1) is 51.3 Å². The maximum Gasteiger partial charge on any atom is 0.373 e. The standard InChI is InChI=1S/C69H110IN9O17.CO2/c1-14-15-16-22-51(61(83)75-55(62(84)95-68(8,9)10)25-17-19-34-71-59(81)41-49-27-29-52(70)30-28-49)43-54(80)33-37-88-39-40-90-46-92-48-93-47-91-45-89-38-36-79-57(44-73-78-79)50-23-21-24-53(42-50)74-64(86)72-35-20-18-26-56(63(85)96-69(11,12)13)76-65(87)77-58(66(2,3)4)31-32-60(82)94-67(5,6)7;2-1-3/h21,23-24,27-30,42,44,51,55-56,58H,14-20,22,25-26,31-41,43,45-48H2,1-13H3,(H,71,81)(H,75,83)(H2,72,74,86)(H2,76,77,87);/t51-,55+,56+,58+;/m1./s1. The van der Waals surface area contributed by atoms with Gasteiger partial charge in [-0.15, -0.1) is 5.10 Å². The van der Waals surface area contributed by atoms with Crippen molar-refractivity contribution in [2.45, 2.75) is 228 Å². The molecule has 0 aliphatic heterocycles. The molecule has 6 N–H and O–H groups in total. The fourth-order valence-electron chi connectivity index (χ4n) is 9.43. The Kier molecular flexibility index (Phi) is 42.7. The number of rotatable bonds is 46. The average Bonchev–Trinajstić information content (AvgIpc) is 1.77. The largest absolute Gasteiger partial charge is 0.460 e. The summed E-state index contributed by atoms with van der Waals surface area (Å²) in [6, 6.07) is 11.7. The van der Waals surface area contributed by atoms with Crippen LogP contribution in [0.3, 0.4) is 0 Å². The Morgan fingerprint density at radius 2 is 1.14 bits per heavy atom. The molecular weight excluding hydrogens is 1400 g/mol. The number of Topliss-reactive ketones (excluding diaryl/α,β-unsaturated/α-hetero) is 1. The number of carbonyl (C=O) groups excluding carboxylic acids is 10. The van der Waals surface area contributed by atoms with Gasteiger partial charge in [0, 0.05) is 59.1 Å². The molecule has 4 atom stereocenters. The monoisotopic (exact) mass is 1510 g/mol. The van der Waals surface area contributed by atoms with E-state index in [4.69, 9.17) is 52.2 Å². The Morgan fingerprint density at radius 1 is 0.586 bits per heavy atom. The van der Waals surface area contributed by atoms with Gasteiger partial charge in [0.15, 0.2) is 13.6 Å². The number of urea groups is 2. The van der Waals surface area contributed by atoms with Gasteiger partial charge in [-0.2, -0.15) is 9.59 Å². The van der Waals surface area contributed by atoms with Gasteiger partial charge in [0.2, 0.25) is 11.8 Å². The van der Waals surface area contributed by atoms with Crippen molar-refractivity contribution in [3.05, 3.63) is 63.9 Å². The third-order valence-electron chi connectivity index (χ3n) is 14.2. The lowest BCUT2D eigenvalue weighted by Crippen LogP contribution is -2.53. The van der Waals surface area contributed by atoms with Crippen molar-refractivity contribution in [3.8, 4) is 11.3 Å². The number of anilines is 1. The van der Waals surface area contributed by atoms with Crippen molar-refractivity contribution in [1.82, 2.24) is 41.6 Å². The highest BCUT2D eigenvalue weighted by atomic mass is 127. The Bertz CT molecular complexity index is 2920. The summed E-state index contributed by atoms with van der Waals surface area (Å²) in [6.07, 6.45) is 8.49. The normalized spacial score (nSPS) is 12.8. The van der Waals surface area contributed by atoms with Crippen molar-refractivity contribution in [2.24, 2.45) is 11.3 Å². The fraction of sp³-hybridized carbons (Fsp3) is 0.671. The number of nitrogens with one attached hydrogen (secondary N) is 6. The summed E-state index contributed by atoms with van der Waals surface area (Å²) >= 11 is 2.22. The van der Waals surface area contributed by atoms with Gasteiger partial charge in [0.1, 0.15) is 48.3 Å². The number of aromatic nitrogens is 3. The molecule has 0 bridgehead atoms. The number of unbranched alkanes of at least 4 members (excludes halogenated alkanes) is 4. The molecule has 0 saturated carbocycles. The van der Waals surface area contributed by atoms with Gasteiger partial charge in [-0.25, -0.2) is 23.9 Å². The van der Waals surface area contributed by atoms with E-state index in [9.17, 15) is 38.4 Å². The van der Waals surface area contributed by atoms with Crippen LogP contribution in [0.5, 0.6) is 0 Å². The van der Waals surface area contributed by atoms with Gasteiger partial charge in [-0.1, -0.05) is 76.4 Å². The summed E-state index contributed by atoms with van der Waals surface area (Å²) in [5, 5.41) is 25.5. The van der Waals surface area contributed by atoms with Crippen LogP contribution in [-0.2, 0) is 94.0 Å². The zero-order chi connectivity index (χ0) is 73.9. The number of nitrogens with zero attached hydrogens (tertiary/aromatic N) is 3. The summed E-state index contributed by atoms with van der Waals surface area (Å²) < 4.78 is 52.2. The summed E-state index contributed by atoms with van der Waals surface area (Å²) in [5.74, 6) is -2.69. The molecule has 29 heteroatoms. The topological polar surface area (TPSA) is 357 Å². The Balaban J connectivity index is 0.0000109. The molecule has 0 radical (unpaired) electrons. The number of ether oxygens (including phenoxy) is 9. The summed E-state index contributed by atoms with van der Waals surface area (Å²) in [7, 11) is 0. The van der Waals surface area contributed by atoms with E-state index in [0.29, 0.717) is 76.0 Å². The maximum atomic E-state index is 13.7. The molecule has 3 aromatic rings. The van der Waals surface area contributed by atoms with Crippen molar-refractivity contribution >= 4 is 82.0 Å². The highest BCUT2D eigenvalue weighted by Gasteiger charge is 2.33. The Labute approximate surface area is 597 Å². The molecule has 0 spiro atoms. The predicted molar refractivity (Wildman–Crippen MR) is 376 cm³/mol. The molecule has 0 fully saturated rings. The molecule has 556 valence electrons. The molecule has 0 aliphatic rings. The quantitative estimate of drug-likeness (QED) is 0.0101. The highest BCUT2D eigenvalue weighted by molar-refractivity contribution is 14.1. The predicted octanol–water partition coefficient (Wildman–Crippen LogP) is 9.64. The van der Waals surface area contributed by atoms with Crippen LogP contribution in [0.25, 0.3) is 11.3 Å². The SMILES string of the molecule is CCCCC[C@H](CC(=O)CCOCCOCOCOCOCOCCn1nncc1-c1cccc(NC(=O)NCCCC[C@H](NC(=O)N[C@@H](CCC(=O)OC(C)(C)C)C(C)(C)C)C(=O)OC(C)(C)C)c1)C(=O)N[C@@H](CCCCNC(=O)Cc1ccc(I)cc1)C(=O)OC(C)(C)C.O=C=O. The maximum absolute atomic E-state index is 13.7. The van der Waals surface area contributed by atoms with Crippen molar-refractivity contribution in [2.75, 3.05) is 72.0 Å². The van der Waals surface area contributed by atoms with Crippen molar-refractivity contribution < 1.29 is 90.6 Å². The number of benzene rings is 2. The lowest BCUT2D eigenvalue weighted by atomic mass is 9.84. The number of ketones is 1. The summed E-state index contributed by atoms with van der Waals surface area (Å²) in [5.41, 5.74) is 0.307. The van der Waals surface area contributed by atoms with Crippen LogP contribution in [0.4, 0.5) is 15.3 Å². The number of carbonyl (C=O) groups is 8. The molecule has 2 aromatic carbocycles. The third-order valence-corrected chi connectivity index (χ3v) is 14.9. The number of esters is 3.